The Morgan fingerprint density at radius 2 is 0.976 bits per heavy atom. The van der Waals surface area contributed by atoms with E-state index in [4.69, 9.17) is 52.5 Å². The molecule has 0 unspecified atom stereocenters. The number of carbonyl (C=O) groups is 1. The molecule has 41 heavy (non-hydrogen) atoms. The van der Waals surface area contributed by atoms with Crippen LogP contribution in [0.4, 0.5) is 0 Å². The second kappa shape index (κ2) is 24.3. The van der Waals surface area contributed by atoms with Gasteiger partial charge in [0.2, 0.25) is 0 Å². The average molecular weight is 588 g/mol. The Hall–Kier alpha value is -2.33. The fourth-order valence-electron chi connectivity index (χ4n) is 3.32. The summed E-state index contributed by atoms with van der Waals surface area (Å²) in [7, 11) is 1.64. The summed E-state index contributed by atoms with van der Waals surface area (Å²) in [6.07, 6.45) is 0. The molecule has 2 aromatic rings. The normalized spacial score (nSPS) is 11.4. The molecule has 2 N–H and O–H groups in total. The van der Waals surface area contributed by atoms with E-state index in [9.17, 15) is 4.79 Å². The van der Waals surface area contributed by atoms with Crippen LogP contribution in [-0.4, -0.2) is 142 Å². The number of rotatable bonds is 29. The smallest absolute Gasteiger partial charge is 0.352 e. The fraction of sp³-hybridized carbons (Fsp3) is 0.679. The Bertz CT molecular complexity index is 909. The third-order valence-corrected chi connectivity index (χ3v) is 5.35. The highest BCUT2D eigenvalue weighted by Crippen LogP contribution is 2.21. The summed E-state index contributed by atoms with van der Waals surface area (Å²) in [6, 6.07) is 6.95. The number of fused-ring (bicyclic) bond motifs is 1. The zero-order valence-electron chi connectivity index (χ0n) is 24.0. The third kappa shape index (κ3) is 18.0. The molecule has 2 rings (SSSR count). The molecule has 0 atom stereocenters. The van der Waals surface area contributed by atoms with E-state index in [0.717, 1.165) is 10.9 Å². The highest BCUT2D eigenvalue weighted by Gasteiger charge is 2.08. The number of benzene rings is 1. The number of H-pyrrole nitrogens is 1. The molecule has 0 radical (unpaired) electrons. The van der Waals surface area contributed by atoms with Crippen LogP contribution in [0.1, 0.15) is 10.5 Å². The van der Waals surface area contributed by atoms with Gasteiger partial charge in [0.15, 0.2) is 0 Å². The summed E-state index contributed by atoms with van der Waals surface area (Å²) in [4.78, 5) is 13.9. The van der Waals surface area contributed by atoms with Gasteiger partial charge in [-0.25, -0.2) is 4.79 Å². The van der Waals surface area contributed by atoms with Crippen molar-refractivity contribution in [2.45, 2.75) is 0 Å². The SMILES string of the molecule is COCCOCCOCCOCCOCCOCCOCCOCCOCCOc1ccc2[nH]c(C(=O)O)cc2c1. The summed E-state index contributed by atoms with van der Waals surface area (Å²) < 4.78 is 54.0. The number of carboxylic acid groups (broad SMARTS) is 1. The highest BCUT2D eigenvalue weighted by atomic mass is 16.6. The molecule has 0 amide bonds. The van der Waals surface area contributed by atoms with Crippen LogP contribution in [-0.2, 0) is 42.6 Å². The maximum atomic E-state index is 11.0. The maximum Gasteiger partial charge on any atom is 0.352 e. The fourth-order valence-corrected chi connectivity index (χ4v) is 3.32. The molecule has 1 heterocycles. The Morgan fingerprint density at radius 1 is 0.585 bits per heavy atom. The summed E-state index contributed by atoms with van der Waals surface area (Å²) >= 11 is 0. The molecule has 234 valence electrons. The zero-order valence-corrected chi connectivity index (χ0v) is 24.0. The van der Waals surface area contributed by atoms with Crippen LogP contribution in [0.5, 0.6) is 5.75 Å². The van der Waals surface area contributed by atoms with Crippen LogP contribution in [0.2, 0.25) is 0 Å². The number of hydrogen-bond donors (Lipinski definition) is 2. The molecule has 0 spiro atoms. The summed E-state index contributed by atoms with van der Waals surface area (Å²) in [5, 5.41) is 9.84. The first-order valence-electron chi connectivity index (χ1n) is 13.8. The van der Waals surface area contributed by atoms with Crippen molar-refractivity contribution in [3.8, 4) is 5.75 Å². The lowest BCUT2D eigenvalue weighted by atomic mass is 10.2. The molecule has 1 aromatic carbocycles. The first kappa shape index (κ1) is 34.9. The van der Waals surface area contributed by atoms with Crippen molar-refractivity contribution in [2.24, 2.45) is 0 Å². The molecule has 0 fully saturated rings. The van der Waals surface area contributed by atoms with Crippen LogP contribution in [0.3, 0.4) is 0 Å². The lowest BCUT2D eigenvalue weighted by Crippen LogP contribution is -2.15. The van der Waals surface area contributed by atoms with Gasteiger partial charge in [0.05, 0.1) is 112 Å². The van der Waals surface area contributed by atoms with Gasteiger partial charge in [0.25, 0.3) is 0 Å². The second-order valence-electron chi connectivity index (χ2n) is 8.48. The molecule has 0 aliphatic rings. The Balaban J connectivity index is 1.24. The van der Waals surface area contributed by atoms with Crippen LogP contribution in [0.25, 0.3) is 10.9 Å². The zero-order chi connectivity index (χ0) is 29.2. The average Bonchev–Trinajstić information content (AvgIpc) is 3.41. The first-order chi connectivity index (χ1) is 20.2. The van der Waals surface area contributed by atoms with Crippen LogP contribution >= 0.6 is 0 Å². The van der Waals surface area contributed by atoms with Gasteiger partial charge in [-0.1, -0.05) is 0 Å². The molecule has 0 saturated heterocycles. The van der Waals surface area contributed by atoms with Crippen LogP contribution < -0.4 is 4.74 Å². The van der Waals surface area contributed by atoms with Crippen molar-refractivity contribution in [2.75, 3.05) is 126 Å². The summed E-state index contributed by atoms with van der Waals surface area (Å²) in [6.45, 7) is 8.99. The molecule has 1 aromatic heterocycles. The number of aromatic carboxylic acids is 1. The summed E-state index contributed by atoms with van der Waals surface area (Å²) in [5.41, 5.74) is 0.895. The van der Waals surface area contributed by atoms with Gasteiger partial charge in [0.1, 0.15) is 18.1 Å². The van der Waals surface area contributed by atoms with Crippen molar-refractivity contribution in [1.82, 2.24) is 4.98 Å². The lowest BCUT2D eigenvalue weighted by Gasteiger charge is -2.09. The van der Waals surface area contributed by atoms with E-state index in [1.165, 1.54) is 0 Å². The standard InChI is InChI=1S/C28H45NO12/c1-32-4-5-33-6-7-34-8-9-35-10-11-36-12-13-37-14-15-38-16-17-39-18-19-40-20-21-41-25-2-3-26-24(22-25)23-27(29-26)28(30)31/h2-3,22-23,29H,4-21H2,1H3,(H,30,31). The Kier molecular flexibility index (Phi) is 20.7. The first-order valence-corrected chi connectivity index (χ1v) is 13.8. The largest absolute Gasteiger partial charge is 0.491 e. The molecule has 0 bridgehead atoms. The predicted molar refractivity (Wildman–Crippen MR) is 149 cm³/mol. The van der Waals surface area contributed by atoms with Crippen molar-refractivity contribution in [1.29, 1.82) is 0 Å². The van der Waals surface area contributed by atoms with Crippen LogP contribution in [0.15, 0.2) is 24.3 Å². The molecular weight excluding hydrogens is 542 g/mol. The van der Waals surface area contributed by atoms with Crippen molar-refractivity contribution < 1.29 is 57.3 Å². The number of aromatic amines is 1. The minimum atomic E-state index is -0.995. The molecule has 13 nitrogen and oxygen atoms in total. The van der Waals surface area contributed by atoms with Crippen LogP contribution in [0, 0.1) is 0 Å². The van der Waals surface area contributed by atoms with Gasteiger partial charge in [-0.15, -0.1) is 0 Å². The number of carboxylic acids is 1. The van der Waals surface area contributed by atoms with E-state index >= 15 is 0 Å². The quantitative estimate of drug-likeness (QED) is 0.134. The number of hydrogen-bond acceptors (Lipinski definition) is 11. The highest BCUT2D eigenvalue weighted by molar-refractivity contribution is 5.94. The molecule has 0 saturated carbocycles. The van der Waals surface area contributed by atoms with Gasteiger partial charge in [-0.2, -0.15) is 0 Å². The topological polar surface area (TPSA) is 145 Å². The van der Waals surface area contributed by atoms with E-state index in [1.807, 2.05) is 0 Å². The van der Waals surface area contributed by atoms with E-state index in [1.54, 1.807) is 31.4 Å². The second-order valence-corrected chi connectivity index (χ2v) is 8.48. The van der Waals surface area contributed by atoms with E-state index in [0.29, 0.717) is 125 Å². The molecule has 13 heteroatoms. The van der Waals surface area contributed by atoms with E-state index in [-0.39, 0.29) is 5.69 Å². The predicted octanol–water partition coefficient (Wildman–Crippen LogP) is 2.02. The maximum absolute atomic E-state index is 11.0. The Morgan fingerprint density at radius 3 is 1.37 bits per heavy atom. The van der Waals surface area contributed by atoms with E-state index in [2.05, 4.69) is 4.98 Å². The van der Waals surface area contributed by atoms with Gasteiger partial charge in [0, 0.05) is 18.0 Å². The van der Waals surface area contributed by atoms with Gasteiger partial charge >= 0.3 is 5.97 Å². The number of aromatic nitrogens is 1. The van der Waals surface area contributed by atoms with Crippen molar-refractivity contribution >= 4 is 16.9 Å². The minimum absolute atomic E-state index is 0.147. The summed E-state index contributed by atoms with van der Waals surface area (Å²) in [5.74, 6) is -0.341. The van der Waals surface area contributed by atoms with Gasteiger partial charge in [-0.05, 0) is 24.3 Å². The number of nitrogens with one attached hydrogen (secondary N) is 1. The minimum Gasteiger partial charge on any atom is -0.491 e. The molecular formula is C28H45NO12. The van der Waals surface area contributed by atoms with Gasteiger partial charge in [-0.3, -0.25) is 0 Å². The lowest BCUT2D eigenvalue weighted by molar-refractivity contribution is -0.0247. The van der Waals surface area contributed by atoms with E-state index < -0.39 is 5.97 Å². The molecule has 0 aliphatic carbocycles. The van der Waals surface area contributed by atoms with Crippen molar-refractivity contribution in [3.05, 3.63) is 30.0 Å². The number of ether oxygens (including phenoxy) is 10. The molecule has 0 aliphatic heterocycles. The number of methoxy groups -OCH3 is 1. The third-order valence-electron chi connectivity index (χ3n) is 5.35. The Labute approximate surface area is 241 Å². The van der Waals surface area contributed by atoms with Crippen molar-refractivity contribution in [3.63, 3.8) is 0 Å². The monoisotopic (exact) mass is 587 g/mol. The van der Waals surface area contributed by atoms with Gasteiger partial charge < -0.3 is 57.5 Å².